The van der Waals surface area contributed by atoms with Gasteiger partial charge in [-0.2, -0.15) is 0 Å². The molecule has 1 fully saturated rings. The summed E-state index contributed by atoms with van der Waals surface area (Å²) in [5, 5.41) is 0. The Labute approximate surface area is 174 Å². The van der Waals surface area contributed by atoms with E-state index in [1.807, 2.05) is 13.8 Å². The Morgan fingerprint density at radius 2 is 1.43 bits per heavy atom. The van der Waals surface area contributed by atoms with Crippen LogP contribution >= 0.6 is 0 Å². The summed E-state index contributed by atoms with van der Waals surface area (Å²) in [7, 11) is 0.797. The Bertz CT molecular complexity index is 339. The molecule has 0 amide bonds. The molecule has 0 saturated carbocycles. The smallest absolute Gasteiger partial charge is 0.395 e. The predicted molar refractivity (Wildman–Crippen MR) is 116 cm³/mol. The predicted octanol–water partition coefficient (Wildman–Crippen LogP) is 3.99. The summed E-state index contributed by atoms with van der Waals surface area (Å²) in [6.45, 7) is 12.2. The van der Waals surface area contributed by atoms with Crippen LogP contribution in [0.1, 0.15) is 46.5 Å². The molecule has 0 aliphatic carbocycles. The van der Waals surface area contributed by atoms with E-state index in [9.17, 15) is 0 Å². The first-order valence-corrected chi connectivity index (χ1v) is 15.0. The fraction of sp³-hybridized carbons (Fsp3) is 1.00. The molecule has 0 N–H and O–H groups in total. The Hall–Kier alpha value is 0.154. The molecule has 1 heterocycles. The van der Waals surface area contributed by atoms with E-state index in [0.29, 0.717) is 6.10 Å². The maximum atomic E-state index is 5.75. The number of hydrogen-bond acceptors (Lipinski definition) is 7. The van der Waals surface area contributed by atoms with E-state index in [0.717, 1.165) is 58.0 Å². The molecule has 1 aliphatic heterocycles. The van der Waals surface area contributed by atoms with Crippen molar-refractivity contribution in [2.24, 2.45) is 0 Å². The van der Waals surface area contributed by atoms with E-state index in [-0.39, 0.29) is 0 Å². The highest BCUT2D eigenvalue weighted by atomic mass is 28.4. The Morgan fingerprint density at radius 1 is 0.857 bits per heavy atom. The molecule has 1 atom stereocenters. The molecule has 28 heavy (non-hydrogen) atoms. The molecule has 1 unspecified atom stereocenters. The van der Waals surface area contributed by atoms with Gasteiger partial charge in [0.1, 0.15) is 6.10 Å². The van der Waals surface area contributed by atoms with E-state index in [2.05, 4.69) is 13.5 Å². The zero-order valence-corrected chi connectivity index (χ0v) is 21.2. The molecule has 0 aromatic carbocycles. The molecule has 9 heteroatoms. The quantitative estimate of drug-likeness (QED) is 0.192. The second-order valence-corrected chi connectivity index (χ2v) is 13.3. The molecule has 1 aliphatic rings. The SMILES string of the molecule is CCCCC[Si](OC)(OC)OC.CCO[Si](C)(CCCOCC1CO1)OCC. The Morgan fingerprint density at radius 3 is 1.86 bits per heavy atom. The minimum Gasteiger partial charge on any atom is -0.395 e. The number of rotatable bonds is 17. The molecule has 1 rings (SSSR count). The third-order valence-corrected chi connectivity index (χ3v) is 10.4. The fourth-order valence-corrected chi connectivity index (χ4v) is 6.99. The molecular weight excluding hydrogens is 396 g/mol. The monoisotopic (exact) mass is 440 g/mol. The second kappa shape index (κ2) is 16.9. The zero-order valence-electron chi connectivity index (χ0n) is 19.2. The van der Waals surface area contributed by atoms with Gasteiger partial charge in [-0.1, -0.05) is 19.8 Å². The topological polar surface area (TPSA) is 67.9 Å². The van der Waals surface area contributed by atoms with Crippen LogP contribution in [-0.2, 0) is 31.6 Å². The van der Waals surface area contributed by atoms with E-state index in [1.54, 1.807) is 21.3 Å². The van der Waals surface area contributed by atoms with Gasteiger partial charge >= 0.3 is 17.4 Å². The van der Waals surface area contributed by atoms with Crippen molar-refractivity contribution in [2.45, 2.75) is 71.2 Å². The van der Waals surface area contributed by atoms with Crippen LogP contribution in [0.5, 0.6) is 0 Å². The fourth-order valence-electron chi connectivity index (χ4n) is 2.82. The third kappa shape index (κ3) is 13.4. The molecule has 170 valence electrons. The molecule has 0 bridgehead atoms. The van der Waals surface area contributed by atoms with Crippen LogP contribution in [0.3, 0.4) is 0 Å². The lowest BCUT2D eigenvalue weighted by Gasteiger charge is -2.25. The van der Waals surface area contributed by atoms with Gasteiger partial charge < -0.3 is 31.6 Å². The lowest BCUT2D eigenvalue weighted by Crippen LogP contribution is -2.42. The summed E-state index contributed by atoms with van der Waals surface area (Å²) in [5.41, 5.74) is 0. The average Bonchev–Trinajstić information content (AvgIpc) is 3.51. The molecule has 1 saturated heterocycles. The Balaban J connectivity index is 0.000000546. The molecule has 0 aromatic heterocycles. The van der Waals surface area contributed by atoms with Crippen LogP contribution in [0.2, 0.25) is 18.6 Å². The van der Waals surface area contributed by atoms with Crippen molar-refractivity contribution in [1.82, 2.24) is 0 Å². The van der Waals surface area contributed by atoms with Gasteiger partial charge in [0.2, 0.25) is 0 Å². The van der Waals surface area contributed by atoms with Gasteiger partial charge in [-0.15, -0.1) is 0 Å². The first kappa shape index (κ1) is 28.2. The maximum Gasteiger partial charge on any atom is 0.500 e. The van der Waals surface area contributed by atoms with Crippen molar-refractivity contribution in [3.8, 4) is 0 Å². The van der Waals surface area contributed by atoms with Crippen molar-refractivity contribution < 1.29 is 31.6 Å². The van der Waals surface area contributed by atoms with Gasteiger partial charge in [-0.05, 0) is 39.3 Å². The summed E-state index contributed by atoms with van der Waals surface area (Å²) in [6, 6.07) is 1.92. The lowest BCUT2D eigenvalue weighted by molar-refractivity contribution is 0.113. The first-order chi connectivity index (χ1) is 13.4. The van der Waals surface area contributed by atoms with E-state index < -0.39 is 17.4 Å². The summed E-state index contributed by atoms with van der Waals surface area (Å²) in [5.74, 6) is 0. The lowest BCUT2D eigenvalue weighted by atomic mass is 10.3. The summed E-state index contributed by atoms with van der Waals surface area (Å²) in [4.78, 5) is 0. The van der Waals surface area contributed by atoms with Crippen LogP contribution in [0.4, 0.5) is 0 Å². The van der Waals surface area contributed by atoms with Gasteiger partial charge in [0.25, 0.3) is 0 Å². The van der Waals surface area contributed by atoms with Crippen molar-refractivity contribution in [3.05, 3.63) is 0 Å². The zero-order chi connectivity index (χ0) is 21.3. The van der Waals surface area contributed by atoms with E-state index in [1.165, 1.54) is 12.8 Å². The molecular formula is C19H44O7Si2. The number of ether oxygens (including phenoxy) is 2. The van der Waals surface area contributed by atoms with Gasteiger partial charge in [-0.25, -0.2) is 0 Å². The minimum atomic E-state index is -2.25. The van der Waals surface area contributed by atoms with Crippen molar-refractivity contribution >= 4 is 17.4 Å². The molecule has 0 radical (unpaired) electrons. The molecule has 0 aromatic rings. The van der Waals surface area contributed by atoms with Crippen LogP contribution in [0, 0.1) is 0 Å². The van der Waals surface area contributed by atoms with Gasteiger partial charge in [-0.3, -0.25) is 0 Å². The van der Waals surface area contributed by atoms with Crippen molar-refractivity contribution in [2.75, 3.05) is 54.4 Å². The third-order valence-electron chi connectivity index (χ3n) is 4.54. The highest BCUT2D eigenvalue weighted by Gasteiger charge is 2.36. The molecule has 7 nitrogen and oxygen atoms in total. The van der Waals surface area contributed by atoms with Crippen LogP contribution in [0.25, 0.3) is 0 Å². The molecule has 0 spiro atoms. The van der Waals surface area contributed by atoms with E-state index >= 15 is 0 Å². The summed E-state index contributed by atoms with van der Waals surface area (Å²) in [6.07, 6.45) is 4.92. The summed E-state index contributed by atoms with van der Waals surface area (Å²) >= 11 is 0. The van der Waals surface area contributed by atoms with Crippen LogP contribution in [-0.4, -0.2) is 77.8 Å². The van der Waals surface area contributed by atoms with Crippen LogP contribution < -0.4 is 0 Å². The second-order valence-electron chi connectivity index (χ2n) is 6.89. The first-order valence-electron chi connectivity index (χ1n) is 10.6. The highest BCUT2D eigenvalue weighted by Crippen LogP contribution is 2.17. The minimum absolute atomic E-state index is 0.363. The van der Waals surface area contributed by atoms with Crippen LogP contribution in [0.15, 0.2) is 0 Å². The number of hydrogen-bond donors (Lipinski definition) is 0. The van der Waals surface area contributed by atoms with Gasteiger partial charge in [0.15, 0.2) is 0 Å². The summed E-state index contributed by atoms with van der Waals surface area (Å²) < 4.78 is 37.9. The standard InChI is InChI=1S/C11H24O4Si.C8H20O3Si/c1-4-14-16(3,15-5-2)8-6-7-12-9-11-10-13-11;1-5-6-7-8-12(9-2,10-3)11-4/h11H,4-10H2,1-3H3;5-8H2,1-4H3. The maximum absolute atomic E-state index is 5.75. The largest absolute Gasteiger partial charge is 0.500 e. The highest BCUT2D eigenvalue weighted by molar-refractivity contribution is 6.66. The van der Waals surface area contributed by atoms with E-state index in [4.69, 9.17) is 31.6 Å². The number of unbranched alkanes of at least 4 members (excludes halogenated alkanes) is 2. The Kier molecular flexibility index (Phi) is 17.0. The van der Waals surface area contributed by atoms with Gasteiger partial charge in [0, 0.05) is 47.2 Å². The average molecular weight is 441 g/mol. The van der Waals surface area contributed by atoms with Crippen molar-refractivity contribution in [3.63, 3.8) is 0 Å². The normalized spacial score (nSPS) is 16.6. The van der Waals surface area contributed by atoms with Crippen molar-refractivity contribution in [1.29, 1.82) is 0 Å². The van der Waals surface area contributed by atoms with Gasteiger partial charge in [0.05, 0.1) is 13.2 Å². The number of epoxide rings is 1.